The minimum absolute atomic E-state index is 0.00879. The zero-order chi connectivity index (χ0) is 28.6. The predicted molar refractivity (Wildman–Crippen MR) is 129 cm³/mol. The monoisotopic (exact) mass is 610 g/mol. The molecule has 3 N–H and O–H groups in total. The number of carbonyl (C=O) groups excluding carboxylic acids is 1. The number of pyridine rings is 1. The molecule has 0 spiro atoms. The molecule has 0 aliphatic rings. The second-order valence-electron chi connectivity index (χ2n) is 7.28. The van der Waals surface area contributed by atoms with Crippen molar-refractivity contribution in [1.29, 1.82) is 0 Å². The Kier molecular flexibility index (Phi) is 17.5. The molecule has 0 radical (unpaired) electrons. The molecule has 0 saturated carbocycles. The van der Waals surface area contributed by atoms with Gasteiger partial charge in [0.15, 0.2) is 5.78 Å². The van der Waals surface area contributed by atoms with Crippen LogP contribution < -0.4 is 0 Å². The summed E-state index contributed by atoms with van der Waals surface area (Å²) in [5.74, 6) is -2.47. The molecule has 0 amide bonds. The number of hydrogen-bond acceptors (Lipinski definition) is 7. The Morgan fingerprint density at radius 3 is 1.39 bits per heavy atom. The molecule has 0 unspecified atom stereocenters. The molecule has 2 rings (SSSR count). The van der Waals surface area contributed by atoms with E-state index < -0.39 is 19.5 Å². The summed E-state index contributed by atoms with van der Waals surface area (Å²) in [6.45, 7) is 1.49. The first-order valence-corrected chi connectivity index (χ1v) is 12.3. The fourth-order valence-corrected chi connectivity index (χ4v) is 4.66. The molecule has 15 heteroatoms. The van der Waals surface area contributed by atoms with Crippen LogP contribution in [0, 0.1) is 0 Å². The summed E-state index contributed by atoms with van der Waals surface area (Å²) in [6.07, 6.45) is 0. The van der Waals surface area contributed by atoms with Crippen LogP contribution in [-0.4, -0.2) is 94.4 Å². The van der Waals surface area contributed by atoms with Gasteiger partial charge in [-0.2, -0.15) is 0 Å². The van der Waals surface area contributed by atoms with Gasteiger partial charge in [0.25, 0.3) is 7.59 Å². The molecular weight excluding hydrogens is 577 g/mol. The van der Waals surface area contributed by atoms with Crippen molar-refractivity contribution in [3.63, 3.8) is 0 Å². The minimum atomic E-state index is -2.44. The molecule has 0 bridgehead atoms. The van der Waals surface area contributed by atoms with E-state index in [0.29, 0.717) is 31.0 Å². The molecule has 0 atom stereocenters. The van der Waals surface area contributed by atoms with Crippen LogP contribution >= 0.6 is 7.59 Å². The first-order valence-electron chi connectivity index (χ1n) is 9.88. The normalized spacial score (nSPS) is 10.2. The van der Waals surface area contributed by atoms with Gasteiger partial charge in [-0.15, -0.1) is 5.69 Å². The molecule has 0 fully saturated rings. The van der Waals surface area contributed by atoms with Crippen LogP contribution in [0.5, 0.6) is 0 Å². The van der Waals surface area contributed by atoms with Crippen LogP contribution in [0.4, 0.5) is 5.69 Å². The Labute approximate surface area is 221 Å². The topological polar surface area (TPSA) is 183 Å². The molecule has 0 saturated heterocycles. The molecule has 1 aromatic heterocycles. The maximum absolute atomic E-state index is 12.1. The third kappa shape index (κ3) is 11.8. The van der Waals surface area contributed by atoms with Gasteiger partial charge >= 0.3 is 35.1 Å². The fraction of sp³-hybridized carbons (Fsp3) is 0.333. The van der Waals surface area contributed by atoms with Crippen LogP contribution in [0.3, 0.4) is 0 Å². The second-order valence-corrected chi connectivity index (χ2v) is 10.7. The second kappa shape index (κ2) is 17.7. The summed E-state index contributed by atoms with van der Waals surface area (Å²) < 4.78 is 25.6. The van der Waals surface area contributed by atoms with E-state index in [2.05, 4.69) is 10.5 Å². The number of hydrogen-bond donors (Lipinski definition) is 3. The van der Waals surface area contributed by atoms with Gasteiger partial charge in [-0.25, -0.2) is 28.6 Å². The quantitative estimate of drug-likeness (QED) is 0.181. The summed E-state index contributed by atoms with van der Waals surface area (Å²) >= 11 is 0.700. The SMILES string of the molecule is CC(=O)c1ccc([N-]O)cc1.CN(C)P(=O)(N(C)C)N(C)C.O=C(O)c1cccc(C(=O)O)n1.[O]=[Mo]. The van der Waals surface area contributed by atoms with E-state index in [0.717, 1.165) is 0 Å². The molecule has 13 nitrogen and oxygen atoms in total. The molecule has 200 valence electrons. The van der Waals surface area contributed by atoms with Crippen LogP contribution in [0.15, 0.2) is 42.5 Å². The standard InChI is InChI=1S/C8H9NO2.C7H5NO4.C6H18N3OP.Mo.O/c1-6(10)7-2-4-8(9-11)5-3-7;9-6(10)4-2-1-3-5(8-4)7(11)12;1-7(2)11(10,8(3)4)9(5)6;;/h2-5H,1H3,(H2,9,10,11);1-3H,(H,9,10)(H,11,12);1-6H3;;/p-1. The summed E-state index contributed by atoms with van der Waals surface area (Å²) in [4.78, 5) is 34.8. The van der Waals surface area contributed by atoms with Crippen LogP contribution in [-0.2, 0) is 27.7 Å². The van der Waals surface area contributed by atoms with Gasteiger partial charge in [0.1, 0.15) is 11.4 Å². The Hall–Kier alpha value is -2.66. The number of benzene rings is 1. The van der Waals surface area contributed by atoms with Crippen molar-refractivity contribution in [2.45, 2.75) is 6.92 Å². The molecule has 0 aliphatic heterocycles. The van der Waals surface area contributed by atoms with Gasteiger partial charge < -0.3 is 20.9 Å². The van der Waals surface area contributed by atoms with Gasteiger partial charge in [-0.1, -0.05) is 30.3 Å². The third-order valence-corrected chi connectivity index (χ3v) is 7.27. The number of aromatic nitrogens is 1. The van der Waals surface area contributed by atoms with Gasteiger partial charge in [0.2, 0.25) is 0 Å². The van der Waals surface area contributed by atoms with Crippen molar-refractivity contribution >= 4 is 31.0 Å². The molecule has 0 aliphatic carbocycles. The summed E-state index contributed by atoms with van der Waals surface area (Å²) in [7, 11) is 8.49. The number of aromatic carboxylic acids is 2. The number of nitrogens with zero attached hydrogens (tertiary/aromatic N) is 5. The van der Waals surface area contributed by atoms with E-state index in [1.165, 1.54) is 25.1 Å². The Morgan fingerprint density at radius 2 is 1.17 bits per heavy atom. The molecule has 2 aromatic rings. The summed E-state index contributed by atoms with van der Waals surface area (Å²) in [6, 6.07) is 10.2. The van der Waals surface area contributed by atoms with E-state index in [-0.39, 0.29) is 17.2 Å². The van der Waals surface area contributed by atoms with Crippen molar-refractivity contribution in [2.24, 2.45) is 0 Å². The molecule has 1 heterocycles. The molecule has 36 heavy (non-hydrogen) atoms. The Balaban J connectivity index is 0. The van der Waals surface area contributed by atoms with Gasteiger partial charge in [0.05, 0.1) is 0 Å². The van der Waals surface area contributed by atoms with Crippen molar-refractivity contribution in [1.82, 2.24) is 19.0 Å². The third-order valence-electron chi connectivity index (χ3n) is 4.14. The Bertz CT molecular complexity index is 977. The molecular formula is C21H31MoN5O8P-. The summed E-state index contributed by atoms with van der Waals surface area (Å²) in [5.41, 5.74) is 3.50. The van der Waals surface area contributed by atoms with E-state index in [1.807, 2.05) is 42.3 Å². The van der Waals surface area contributed by atoms with Gasteiger partial charge in [-0.3, -0.25) is 9.36 Å². The van der Waals surface area contributed by atoms with E-state index in [1.54, 1.807) is 38.3 Å². The Morgan fingerprint density at radius 1 is 0.806 bits per heavy atom. The first kappa shape index (κ1) is 35.5. The van der Waals surface area contributed by atoms with Crippen molar-refractivity contribution < 1.29 is 57.5 Å². The average molecular weight is 608 g/mol. The number of carboxylic acids is 2. The predicted octanol–water partition coefficient (Wildman–Crippen LogP) is 3.42. The number of carboxylic acid groups (broad SMARTS) is 2. The number of carbonyl (C=O) groups is 3. The van der Waals surface area contributed by atoms with Crippen LogP contribution in [0.2, 0.25) is 0 Å². The zero-order valence-electron chi connectivity index (χ0n) is 21.0. The number of ketones is 1. The average Bonchev–Trinajstić information content (AvgIpc) is 2.85. The van der Waals surface area contributed by atoms with E-state index in [4.69, 9.17) is 18.8 Å². The maximum atomic E-state index is 12.1. The van der Waals surface area contributed by atoms with Crippen LogP contribution in [0.25, 0.3) is 5.48 Å². The van der Waals surface area contributed by atoms with E-state index >= 15 is 0 Å². The van der Waals surface area contributed by atoms with Crippen molar-refractivity contribution in [3.8, 4) is 0 Å². The van der Waals surface area contributed by atoms with Crippen molar-refractivity contribution in [2.75, 3.05) is 42.3 Å². The van der Waals surface area contributed by atoms with Gasteiger partial charge in [-0.05, 0) is 61.3 Å². The summed E-state index contributed by atoms with van der Waals surface area (Å²) in [5, 5.41) is 25.2. The van der Waals surface area contributed by atoms with Crippen LogP contribution in [0.1, 0.15) is 38.3 Å². The first-order chi connectivity index (χ1) is 16.7. The number of rotatable bonds is 7. The van der Waals surface area contributed by atoms with Crippen molar-refractivity contribution in [3.05, 3.63) is 64.9 Å². The zero-order valence-corrected chi connectivity index (χ0v) is 23.9. The fourth-order valence-electron chi connectivity index (χ4n) is 2.51. The van der Waals surface area contributed by atoms with E-state index in [9.17, 15) is 18.9 Å². The number of Topliss-reactive ketones (excluding diaryl/α,β-unsaturated/α-hetero) is 1. The van der Waals surface area contributed by atoms with Gasteiger partial charge in [0, 0.05) is 5.56 Å². The molecule has 1 aromatic carbocycles.